The van der Waals surface area contributed by atoms with Crippen LogP contribution in [0.15, 0.2) is 71.8 Å². The average Bonchev–Trinajstić information content (AvgIpc) is 2.74. The molecule has 1 aromatic heterocycles. The van der Waals surface area contributed by atoms with Crippen LogP contribution in [0.2, 0.25) is 0 Å². The van der Waals surface area contributed by atoms with Crippen LogP contribution in [0.3, 0.4) is 0 Å². The predicted octanol–water partition coefficient (Wildman–Crippen LogP) is 3.82. The highest BCUT2D eigenvalue weighted by molar-refractivity contribution is 7.89. The van der Waals surface area contributed by atoms with Gasteiger partial charge in [-0.25, -0.2) is 18.1 Å². The zero-order valence-electron chi connectivity index (χ0n) is 17.2. The number of aromatic nitrogens is 1. The molecule has 0 fully saturated rings. The van der Waals surface area contributed by atoms with Gasteiger partial charge in [-0.05, 0) is 61.5 Å². The number of sulfonamides is 1. The molecule has 0 spiro atoms. The average molecular weight is 428 g/mol. The van der Waals surface area contributed by atoms with Crippen molar-refractivity contribution in [2.24, 2.45) is 0 Å². The lowest BCUT2D eigenvalue weighted by Crippen LogP contribution is -2.25. The van der Waals surface area contributed by atoms with Crippen molar-refractivity contribution >= 4 is 15.8 Å². The molecule has 0 amide bonds. The molecule has 0 aliphatic heterocycles. The molecule has 0 aliphatic carbocycles. The summed E-state index contributed by atoms with van der Waals surface area (Å²) in [5.41, 5.74) is 0.793. The van der Waals surface area contributed by atoms with E-state index in [2.05, 4.69) is 9.71 Å². The zero-order chi connectivity index (χ0) is 21.6. The van der Waals surface area contributed by atoms with Crippen LogP contribution in [0, 0.1) is 0 Å². The van der Waals surface area contributed by atoms with Crippen molar-refractivity contribution in [2.45, 2.75) is 18.4 Å². The van der Waals surface area contributed by atoms with Gasteiger partial charge in [0.25, 0.3) is 0 Å². The van der Waals surface area contributed by atoms with Gasteiger partial charge in [0.05, 0.1) is 11.5 Å². The van der Waals surface area contributed by atoms with Crippen molar-refractivity contribution in [1.82, 2.24) is 9.71 Å². The quantitative estimate of drug-likeness (QED) is 0.559. The number of rotatable bonds is 9. The molecule has 30 heavy (non-hydrogen) atoms. The molecule has 0 bridgehead atoms. The fraction of sp³-hybridized carbons (Fsp3) is 0.227. The Bertz CT molecular complexity index is 1070. The van der Waals surface area contributed by atoms with Gasteiger partial charge in [0.1, 0.15) is 23.1 Å². The fourth-order valence-electron chi connectivity index (χ4n) is 2.82. The monoisotopic (exact) mass is 427 g/mol. The Morgan fingerprint density at radius 1 is 0.933 bits per heavy atom. The summed E-state index contributed by atoms with van der Waals surface area (Å²) in [7, 11) is 0.0582. The Kier molecular flexibility index (Phi) is 6.91. The number of hydrogen-bond donors (Lipinski definition) is 1. The van der Waals surface area contributed by atoms with Gasteiger partial charge in [0.2, 0.25) is 10.0 Å². The Morgan fingerprint density at radius 3 is 2.13 bits per heavy atom. The zero-order valence-corrected chi connectivity index (χ0v) is 18.0. The summed E-state index contributed by atoms with van der Waals surface area (Å²) < 4.78 is 39.1. The van der Waals surface area contributed by atoms with Gasteiger partial charge in [-0.3, -0.25) is 0 Å². The third-order valence-electron chi connectivity index (χ3n) is 4.25. The van der Waals surface area contributed by atoms with Crippen molar-refractivity contribution < 1.29 is 17.9 Å². The van der Waals surface area contributed by atoms with Crippen LogP contribution in [0.25, 0.3) is 0 Å². The fourth-order valence-corrected chi connectivity index (χ4v) is 3.83. The van der Waals surface area contributed by atoms with Crippen LogP contribution in [-0.2, 0) is 16.6 Å². The van der Waals surface area contributed by atoms with E-state index in [1.807, 2.05) is 44.1 Å². The molecule has 3 rings (SSSR count). The summed E-state index contributed by atoms with van der Waals surface area (Å²) >= 11 is 0. The van der Waals surface area contributed by atoms with Gasteiger partial charge in [0.15, 0.2) is 0 Å². The van der Waals surface area contributed by atoms with Gasteiger partial charge < -0.3 is 14.4 Å². The van der Waals surface area contributed by atoms with Crippen molar-refractivity contribution in [3.05, 3.63) is 72.4 Å². The van der Waals surface area contributed by atoms with E-state index in [9.17, 15) is 8.42 Å². The topological polar surface area (TPSA) is 80.8 Å². The maximum Gasteiger partial charge on any atom is 0.240 e. The molecule has 3 aromatic rings. The lowest BCUT2D eigenvalue weighted by molar-refractivity contribution is 0.339. The van der Waals surface area contributed by atoms with Crippen LogP contribution in [0.5, 0.6) is 17.2 Å². The molecular weight excluding hydrogens is 402 g/mol. The van der Waals surface area contributed by atoms with E-state index >= 15 is 0 Å². The number of benzene rings is 2. The molecule has 7 nitrogen and oxygen atoms in total. The Balaban J connectivity index is 1.66. The third kappa shape index (κ3) is 5.49. The molecular formula is C22H25N3O4S. The first-order valence-electron chi connectivity index (χ1n) is 9.50. The number of anilines is 1. The molecule has 8 heteroatoms. The number of nitrogens with one attached hydrogen (secondary N) is 1. The second-order valence-electron chi connectivity index (χ2n) is 6.68. The van der Waals surface area contributed by atoms with Crippen LogP contribution < -0.4 is 19.1 Å². The van der Waals surface area contributed by atoms with Gasteiger partial charge in [0, 0.05) is 32.4 Å². The van der Waals surface area contributed by atoms with Gasteiger partial charge in [-0.1, -0.05) is 6.07 Å². The molecule has 1 N–H and O–H groups in total. The highest BCUT2D eigenvalue weighted by Crippen LogP contribution is 2.25. The molecule has 0 saturated carbocycles. The van der Waals surface area contributed by atoms with E-state index in [0.717, 1.165) is 17.1 Å². The summed E-state index contributed by atoms with van der Waals surface area (Å²) in [4.78, 5) is 6.29. The Hall–Kier alpha value is -3.10. The molecule has 1 heterocycles. The second-order valence-corrected chi connectivity index (χ2v) is 8.45. The number of nitrogens with zero attached hydrogens (tertiary/aromatic N) is 2. The van der Waals surface area contributed by atoms with Gasteiger partial charge >= 0.3 is 0 Å². The maximum atomic E-state index is 12.7. The van der Waals surface area contributed by atoms with Crippen LogP contribution in [0.4, 0.5) is 5.82 Å². The summed E-state index contributed by atoms with van der Waals surface area (Å²) in [6.07, 6.45) is 1.68. The van der Waals surface area contributed by atoms with E-state index in [-0.39, 0.29) is 11.4 Å². The van der Waals surface area contributed by atoms with Gasteiger partial charge in [-0.2, -0.15) is 0 Å². The number of hydrogen-bond acceptors (Lipinski definition) is 6. The summed E-state index contributed by atoms with van der Waals surface area (Å²) in [5, 5.41) is 0. The molecule has 0 saturated heterocycles. The molecule has 0 aliphatic rings. The Labute approximate surface area is 177 Å². The Morgan fingerprint density at radius 2 is 1.53 bits per heavy atom. The van der Waals surface area contributed by atoms with Crippen molar-refractivity contribution in [2.75, 3.05) is 25.6 Å². The van der Waals surface area contributed by atoms with Crippen LogP contribution in [-0.4, -0.2) is 34.1 Å². The molecule has 0 atom stereocenters. The highest BCUT2D eigenvalue weighted by Gasteiger charge is 2.15. The minimum absolute atomic E-state index is 0.147. The summed E-state index contributed by atoms with van der Waals surface area (Å²) in [6, 6.07) is 17.2. The second kappa shape index (κ2) is 9.60. The van der Waals surface area contributed by atoms with Crippen molar-refractivity contribution in [3.63, 3.8) is 0 Å². The van der Waals surface area contributed by atoms with E-state index < -0.39 is 10.0 Å². The SMILES string of the molecule is CCOc1ccc(Oc2ccc(S(=O)(=O)NCc3cccnc3N(C)C)cc2)cc1. The molecule has 0 unspecified atom stereocenters. The van der Waals surface area contributed by atoms with Gasteiger partial charge in [-0.15, -0.1) is 0 Å². The lowest BCUT2D eigenvalue weighted by atomic mass is 10.2. The first-order chi connectivity index (χ1) is 14.4. The summed E-state index contributed by atoms with van der Waals surface area (Å²) in [5.74, 6) is 2.67. The van der Waals surface area contributed by atoms with E-state index in [1.54, 1.807) is 36.5 Å². The van der Waals surface area contributed by atoms with Crippen molar-refractivity contribution in [1.29, 1.82) is 0 Å². The van der Waals surface area contributed by atoms with E-state index in [1.165, 1.54) is 12.1 Å². The smallest absolute Gasteiger partial charge is 0.240 e. The molecule has 158 valence electrons. The van der Waals surface area contributed by atoms with Crippen LogP contribution in [0.1, 0.15) is 12.5 Å². The standard InChI is InChI=1S/C22H25N3O4S/c1-4-28-18-7-9-19(10-8-18)29-20-11-13-21(14-12-20)30(26,27)24-16-17-6-5-15-23-22(17)25(2)3/h5-15,24H,4,16H2,1-3H3. The molecule has 0 radical (unpaired) electrons. The lowest BCUT2D eigenvalue weighted by Gasteiger charge is -2.16. The largest absolute Gasteiger partial charge is 0.494 e. The van der Waals surface area contributed by atoms with Crippen molar-refractivity contribution in [3.8, 4) is 17.2 Å². The third-order valence-corrected chi connectivity index (χ3v) is 5.67. The molecule has 2 aromatic carbocycles. The first-order valence-corrected chi connectivity index (χ1v) is 11.0. The number of pyridine rings is 1. The minimum atomic E-state index is -3.67. The minimum Gasteiger partial charge on any atom is -0.494 e. The predicted molar refractivity (Wildman–Crippen MR) is 117 cm³/mol. The van der Waals surface area contributed by atoms with Crippen LogP contribution >= 0.6 is 0 Å². The summed E-state index contributed by atoms with van der Waals surface area (Å²) in [6.45, 7) is 2.67. The normalized spacial score (nSPS) is 11.2. The first kappa shape index (κ1) is 21.6. The number of ether oxygens (including phenoxy) is 2. The highest BCUT2D eigenvalue weighted by atomic mass is 32.2. The van der Waals surface area contributed by atoms with E-state index in [0.29, 0.717) is 18.1 Å². The maximum absolute atomic E-state index is 12.7. The van der Waals surface area contributed by atoms with E-state index in [4.69, 9.17) is 9.47 Å².